The lowest BCUT2D eigenvalue weighted by molar-refractivity contribution is 0.204. The molecule has 0 aliphatic heterocycles. The molecule has 0 amide bonds. The van der Waals surface area contributed by atoms with E-state index in [1.54, 1.807) is 13.3 Å². The van der Waals surface area contributed by atoms with Gasteiger partial charge in [-0.15, -0.1) is 0 Å². The Balaban J connectivity index is 1.84. The van der Waals surface area contributed by atoms with Crippen LogP contribution in [0.25, 0.3) is 22.2 Å². The van der Waals surface area contributed by atoms with E-state index in [0.717, 1.165) is 27.7 Å². The highest BCUT2D eigenvalue weighted by Gasteiger charge is 2.11. The van der Waals surface area contributed by atoms with Crippen molar-refractivity contribution in [2.75, 3.05) is 20.3 Å². The molecule has 128 valence electrons. The smallest absolute Gasteiger partial charge is 0.187 e. The van der Waals surface area contributed by atoms with Gasteiger partial charge in [0.25, 0.3) is 0 Å². The van der Waals surface area contributed by atoms with E-state index in [1.807, 2.05) is 30.3 Å². The Labute approximate surface area is 152 Å². The second-order valence-electron chi connectivity index (χ2n) is 5.44. The van der Waals surface area contributed by atoms with Gasteiger partial charge in [-0.2, -0.15) is 5.10 Å². The first-order chi connectivity index (χ1) is 12.3. The van der Waals surface area contributed by atoms with Crippen molar-refractivity contribution in [2.24, 2.45) is 5.10 Å². The third kappa shape index (κ3) is 4.23. The summed E-state index contributed by atoms with van der Waals surface area (Å²) in [5.74, 6) is 0. The molecule has 0 radical (unpaired) electrons. The first-order valence-corrected chi connectivity index (χ1v) is 8.42. The van der Waals surface area contributed by atoms with Crippen LogP contribution in [0.4, 0.5) is 0 Å². The lowest BCUT2D eigenvalue weighted by Gasteiger charge is -2.06. The number of nitrogens with one attached hydrogen (secondary N) is 3. The van der Waals surface area contributed by atoms with Crippen LogP contribution in [0.3, 0.4) is 0 Å². The molecular weight excluding hydrogens is 332 g/mol. The molecule has 6 heteroatoms. The maximum absolute atomic E-state index is 5.19. The highest BCUT2D eigenvalue weighted by atomic mass is 32.1. The zero-order valence-corrected chi connectivity index (χ0v) is 14.8. The molecule has 3 N–H and O–H groups in total. The predicted octanol–water partition coefficient (Wildman–Crippen LogP) is 3.28. The first-order valence-electron chi connectivity index (χ1n) is 8.01. The summed E-state index contributed by atoms with van der Waals surface area (Å²) in [6, 6.07) is 18.4. The maximum atomic E-state index is 5.19. The number of methoxy groups -OCH3 is 1. The Morgan fingerprint density at radius 2 is 1.92 bits per heavy atom. The second kappa shape index (κ2) is 8.41. The SMILES string of the molecule is COCCNC(=S)N/N=C/c1c(-c2ccccc2)[nH]c2ccccc12. The van der Waals surface area contributed by atoms with Gasteiger partial charge in [-0.25, -0.2) is 0 Å². The topological polar surface area (TPSA) is 61.4 Å². The normalized spacial score (nSPS) is 11.1. The number of thiocarbonyl (C=S) groups is 1. The highest BCUT2D eigenvalue weighted by Crippen LogP contribution is 2.28. The van der Waals surface area contributed by atoms with Gasteiger partial charge >= 0.3 is 0 Å². The number of ether oxygens (including phenoxy) is 1. The van der Waals surface area contributed by atoms with E-state index < -0.39 is 0 Å². The number of benzene rings is 2. The van der Waals surface area contributed by atoms with Crippen LogP contribution in [-0.4, -0.2) is 36.6 Å². The number of hydrogen-bond acceptors (Lipinski definition) is 3. The van der Waals surface area contributed by atoms with Gasteiger partial charge in [0.05, 0.1) is 18.5 Å². The third-order valence-electron chi connectivity index (χ3n) is 3.76. The molecule has 3 aromatic rings. The van der Waals surface area contributed by atoms with Crippen LogP contribution in [0.15, 0.2) is 59.7 Å². The fourth-order valence-electron chi connectivity index (χ4n) is 2.59. The summed E-state index contributed by atoms with van der Waals surface area (Å²) in [6.45, 7) is 1.23. The minimum absolute atomic E-state index is 0.467. The molecule has 0 saturated heterocycles. The molecule has 25 heavy (non-hydrogen) atoms. The molecule has 0 fully saturated rings. The van der Waals surface area contributed by atoms with Gasteiger partial charge in [0.15, 0.2) is 5.11 Å². The Morgan fingerprint density at radius 1 is 1.16 bits per heavy atom. The van der Waals surface area contributed by atoms with Crippen molar-refractivity contribution in [1.29, 1.82) is 0 Å². The molecular formula is C19H20N4OS. The van der Waals surface area contributed by atoms with Gasteiger partial charge in [0.1, 0.15) is 0 Å². The summed E-state index contributed by atoms with van der Waals surface area (Å²) in [5.41, 5.74) is 7.08. The minimum atomic E-state index is 0.467. The first kappa shape index (κ1) is 17.1. The number of rotatable bonds is 6. The van der Waals surface area contributed by atoms with E-state index in [9.17, 15) is 0 Å². The van der Waals surface area contributed by atoms with Crippen molar-refractivity contribution < 1.29 is 4.74 Å². The Bertz CT molecular complexity index is 874. The van der Waals surface area contributed by atoms with E-state index in [1.165, 1.54) is 0 Å². The summed E-state index contributed by atoms with van der Waals surface area (Å²) in [6.07, 6.45) is 1.80. The van der Waals surface area contributed by atoms with Gasteiger partial charge in [-0.1, -0.05) is 48.5 Å². The number of aromatic amines is 1. The van der Waals surface area contributed by atoms with Crippen molar-refractivity contribution in [3.63, 3.8) is 0 Å². The number of fused-ring (bicyclic) bond motifs is 1. The lowest BCUT2D eigenvalue weighted by Crippen LogP contribution is -2.34. The summed E-state index contributed by atoms with van der Waals surface area (Å²) >= 11 is 5.19. The third-order valence-corrected chi connectivity index (χ3v) is 4.00. The van der Waals surface area contributed by atoms with Crippen LogP contribution in [0.2, 0.25) is 0 Å². The van der Waals surface area contributed by atoms with Gasteiger partial charge in [0.2, 0.25) is 0 Å². The molecule has 1 aromatic heterocycles. The van der Waals surface area contributed by atoms with E-state index in [0.29, 0.717) is 18.3 Å². The molecule has 0 aliphatic carbocycles. The van der Waals surface area contributed by atoms with Crippen molar-refractivity contribution in [3.05, 3.63) is 60.2 Å². The quantitative estimate of drug-likeness (QED) is 0.276. The van der Waals surface area contributed by atoms with E-state index in [-0.39, 0.29) is 0 Å². The summed E-state index contributed by atoms with van der Waals surface area (Å²) in [4.78, 5) is 3.48. The van der Waals surface area contributed by atoms with Gasteiger partial charge in [-0.3, -0.25) is 5.43 Å². The Hall–Kier alpha value is -2.70. The Morgan fingerprint density at radius 3 is 2.72 bits per heavy atom. The van der Waals surface area contributed by atoms with Crippen molar-refractivity contribution in [1.82, 2.24) is 15.7 Å². The monoisotopic (exact) mass is 352 g/mol. The highest BCUT2D eigenvalue weighted by molar-refractivity contribution is 7.80. The standard InChI is InChI=1S/C19H20N4OS/c1-24-12-11-20-19(25)23-21-13-16-15-9-5-6-10-17(15)22-18(16)14-7-3-2-4-8-14/h2-10,13,22H,11-12H2,1H3,(H2,20,23,25)/b21-13+. The van der Waals surface area contributed by atoms with Crippen LogP contribution in [0.5, 0.6) is 0 Å². The molecule has 0 spiro atoms. The summed E-state index contributed by atoms with van der Waals surface area (Å²) in [7, 11) is 1.65. The number of nitrogens with zero attached hydrogens (tertiary/aromatic N) is 1. The number of hydrogen-bond donors (Lipinski definition) is 3. The number of H-pyrrole nitrogens is 1. The average molecular weight is 352 g/mol. The second-order valence-corrected chi connectivity index (χ2v) is 5.85. The molecule has 2 aromatic carbocycles. The van der Waals surface area contributed by atoms with E-state index >= 15 is 0 Å². The molecule has 5 nitrogen and oxygen atoms in total. The molecule has 0 saturated carbocycles. The fraction of sp³-hybridized carbons (Fsp3) is 0.158. The maximum Gasteiger partial charge on any atom is 0.187 e. The number of aromatic nitrogens is 1. The van der Waals surface area contributed by atoms with Crippen LogP contribution in [-0.2, 0) is 4.74 Å². The molecule has 0 unspecified atom stereocenters. The summed E-state index contributed by atoms with van der Waals surface area (Å²) < 4.78 is 4.98. The van der Waals surface area contributed by atoms with Crippen molar-refractivity contribution in [2.45, 2.75) is 0 Å². The minimum Gasteiger partial charge on any atom is -0.383 e. The van der Waals surface area contributed by atoms with Gasteiger partial charge < -0.3 is 15.0 Å². The van der Waals surface area contributed by atoms with Crippen LogP contribution >= 0.6 is 12.2 Å². The summed E-state index contributed by atoms with van der Waals surface area (Å²) in [5, 5.41) is 8.89. The van der Waals surface area contributed by atoms with Crippen LogP contribution in [0.1, 0.15) is 5.56 Å². The molecule has 1 heterocycles. The molecule has 3 rings (SSSR count). The Kier molecular flexibility index (Phi) is 5.77. The molecule has 0 atom stereocenters. The van der Waals surface area contributed by atoms with Crippen LogP contribution in [0, 0.1) is 0 Å². The van der Waals surface area contributed by atoms with Crippen molar-refractivity contribution in [3.8, 4) is 11.3 Å². The van der Waals surface area contributed by atoms with E-state index in [2.05, 4.69) is 45.1 Å². The van der Waals surface area contributed by atoms with Gasteiger partial charge in [-0.05, 0) is 23.8 Å². The number of hydrazone groups is 1. The van der Waals surface area contributed by atoms with Crippen LogP contribution < -0.4 is 10.7 Å². The zero-order valence-electron chi connectivity index (χ0n) is 14.0. The van der Waals surface area contributed by atoms with Gasteiger partial charge in [0, 0.05) is 30.1 Å². The van der Waals surface area contributed by atoms with E-state index in [4.69, 9.17) is 17.0 Å². The largest absolute Gasteiger partial charge is 0.383 e. The van der Waals surface area contributed by atoms with Crippen molar-refractivity contribution >= 4 is 34.4 Å². The fourth-order valence-corrected chi connectivity index (χ4v) is 2.75. The number of para-hydroxylation sites is 1. The predicted molar refractivity (Wildman–Crippen MR) is 107 cm³/mol. The molecule has 0 bridgehead atoms. The lowest BCUT2D eigenvalue weighted by atomic mass is 10.1. The molecule has 0 aliphatic rings. The zero-order chi connectivity index (χ0) is 17.5. The average Bonchev–Trinajstić information content (AvgIpc) is 3.02.